The highest BCUT2D eigenvalue weighted by Gasteiger charge is 2.15. The number of aryl methyl sites for hydroxylation is 1. The average Bonchev–Trinajstić information content (AvgIpc) is 2.60. The van der Waals surface area contributed by atoms with Crippen LogP contribution in [0.4, 0.5) is 0 Å². The molecular formula is C10H16N2O2. The fraction of sp³-hybridized carbons (Fsp3) is 0.600. The van der Waals surface area contributed by atoms with Gasteiger partial charge in [-0.05, 0) is 25.3 Å². The number of hydrogen-bond acceptors (Lipinski definition) is 2. The molecule has 0 amide bonds. The second-order valence-electron chi connectivity index (χ2n) is 3.38. The Bertz CT molecular complexity index is 331. The van der Waals surface area contributed by atoms with Gasteiger partial charge in [0.15, 0.2) is 0 Å². The van der Waals surface area contributed by atoms with Gasteiger partial charge in [0.1, 0.15) is 5.69 Å². The summed E-state index contributed by atoms with van der Waals surface area (Å²) in [5.74, 6) is -0.588. The molecule has 1 N–H and O–H groups in total. The van der Waals surface area contributed by atoms with Gasteiger partial charge >= 0.3 is 5.97 Å². The maximum Gasteiger partial charge on any atom is 0.354 e. The van der Waals surface area contributed by atoms with Crippen molar-refractivity contribution in [2.75, 3.05) is 0 Å². The minimum Gasteiger partial charge on any atom is -0.477 e. The molecule has 0 saturated carbocycles. The Labute approximate surface area is 83.5 Å². The summed E-state index contributed by atoms with van der Waals surface area (Å²) < 4.78 is 1.53. The van der Waals surface area contributed by atoms with Crippen molar-refractivity contribution in [3.8, 4) is 0 Å². The Kier molecular flexibility index (Phi) is 3.28. The lowest BCUT2D eigenvalue weighted by molar-refractivity contribution is 0.0683. The molecule has 1 heterocycles. The molecule has 1 rings (SSSR count). The molecule has 1 aromatic heterocycles. The van der Waals surface area contributed by atoms with E-state index in [1.54, 1.807) is 6.07 Å². The molecule has 0 spiro atoms. The summed E-state index contributed by atoms with van der Waals surface area (Å²) in [6, 6.07) is 1.67. The number of aromatic carboxylic acids is 1. The first-order valence-corrected chi connectivity index (χ1v) is 4.91. The van der Waals surface area contributed by atoms with E-state index in [9.17, 15) is 4.79 Å². The standard InChI is InChI=1S/C10H16N2O2/c1-4-7(3)8-6-9(10(13)14)12(5-2)11-8/h6-7H,4-5H2,1-3H3,(H,13,14). The Morgan fingerprint density at radius 2 is 2.29 bits per heavy atom. The Balaban J connectivity index is 3.06. The summed E-state index contributed by atoms with van der Waals surface area (Å²) in [7, 11) is 0. The van der Waals surface area contributed by atoms with Gasteiger partial charge in [-0.1, -0.05) is 13.8 Å². The van der Waals surface area contributed by atoms with Crippen LogP contribution in [0.5, 0.6) is 0 Å². The van der Waals surface area contributed by atoms with Crippen LogP contribution in [0.25, 0.3) is 0 Å². The maximum absolute atomic E-state index is 10.8. The van der Waals surface area contributed by atoms with Gasteiger partial charge in [0, 0.05) is 6.54 Å². The van der Waals surface area contributed by atoms with Gasteiger partial charge in [-0.15, -0.1) is 0 Å². The van der Waals surface area contributed by atoms with E-state index in [1.807, 2.05) is 13.8 Å². The summed E-state index contributed by atoms with van der Waals surface area (Å²) in [6.07, 6.45) is 0.972. The van der Waals surface area contributed by atoms with Gasteiger partial charge in [-0.3, -0.25) is 4.68 Å². The van der Waals surface area contributed by atoms with Crippen molar-refractivity contribution in [1.29, 1.82) is 0 Å². The van der Waals surface area contributed by atoms with Crippen LogP contribution in [0.1, 0.15) is 49.3 Å². The number of carboxylic acid groups (broad SMARTS) is 1. The highest BCUT2D eigenvalue weighted by molar-refractivity contribution is 5.85. The fourth-order valence-corrected chi connectivity index (χ4v) is 1.30. The second-order valence-corrected chi connectivity index (χ2v) is 3.38. The third-order valence-corrected chi connectivity index (χ3v) is 2.43. The van der Waals surface area contributed by atoms with Crippen molar-refractivity contribution in [3.63, 3.8) is 0 Å². The van der Waals surface area contributed by atoms with Crippen molar-refractivity contribution in [2.45, 2.75) is 39.7 Å². The van der Waals surface area contributed by atoms with Crippen LogP contribution in [0.2, 0.25) is 0 Å². The second kappa shape index (κ2) is 4.26. The van der Waals surface area contributed by atoms with Gasteiger partial charge in [-0.25, -0.2) is 4.79 Å². The maximum atomic E-state index is 10.8. The van der Waals surface area contributed by atoms with E-state index in [1.165, 1.54) is 4.68 Å². The van der Waals surface area contributed by atoms with Gasteiger partial charge in [0.05, 0.1) is 5.69 Å². The summed E-state index contributed by atoms with van der Waals surface area (Å²) in [6.45, 7) is 6.60. The number of nitrogens with zero attached hydrogens (tertiary/aromatic N) is 2. The highest BCUT2D eigenvalue weighted by Crippen LogP contribution is 2.18. The summed E-state index contributed by atoms with van der Waals surface area (Å²) in [5, 5.41) is 13.2. The van der Waals surface area contributed by atoms with E-state index in [4.69, 9.17) is 5.11 Å². The minimum absolute atomic E-state index is 0.280. The monoisotopic (exact) mass is 196 g/mol. The smallest absolute Gasteiger partial charge is 0.354 e. The number of carbonyl (C=O) groups is 1. The zero-order chi connectivity index (χ0) is 10.7. The fourth-order valence-electron chi connectivity index (χ4n) is 1.30. The largest absolute Gasteiger partial charge is 0.477 e. The van der Waals surface area contributed by atoms with Crippen molar-refractivity contribution < 1.29 is 9.90 Å². The van der Waals surface area contributed by atoms with E-state index in [2.05, 4.69) is 12.0 Å². The molecule has 78 valence electrons. The number of rotatable bonds is 4. The normalized spacial score (nSPS) is 12.8. The molecule has 1 aromatic rings. The molecular weight excluding hydrogens is 180 g/mol. The molecule has 0 aromatic carbocycles. The first-order valence-electron chi connectivity index (χ1n) is 4.91. The van der Waals surface area contributed by atoms with Crippen LogP contribution in [-0.2, 0) is 6.54 Å². The molecule has 4 heteroatoms. The minimum atomic E-state index is -0.908. The van der Waals surface area contributed by atoms with Crippen molar-refractivity contribution in [2.24, 2.45) is 0 Å². The first kappa shape index (κ1) is 10.8. The molecule has 0 aliphatic carbocycles. The molecule has 0 radical (unpaired) electrons. The van der Waals surface area contributed by atoms with Crippen LogP contribution in [0.15, 0.2) is 6.07 Å². The predicted octanol–water partition coefficient (Wildman–Crippen LogP) is 2.11. The summed E-state index contributed by atoms with van der Waals surface area (Å²) in [5.41, 5.74) is 1.15. The number of aromatic nitrogens is 2. The predicted molar refractivity (Wildman–Crippen MR) is 53.6 cm³/mol. The first-order chi connectivity index (χ1) is 6.60. The molecule has 4 nitrogen and oxygen atoms in total. The quantitative estimate of drug-likeness (QED) is 0.802. The molecule has 0 aliphatic rings. The third-order valence-electron chi connectivity index (χ3n) is 2.43. The molecule has 0 bridgehead atoms. The molecule has 1 atom stereocenters. The van der Waals surface area contributed by atoms with E-state index in [-0.39, 0.29) is 5.69 Å². The van der Waals surface area contributed by atoms with E-state index >= 15 is 0 Å². The number of carboxylic acids is 1. The Hall–Kier alpha value is -1.32. The molecule has 1 unspecified atom stereocenters. The van der Waals surface area contributed by atoms with E-state index in [0.29, 0.717) is 12.5 Å². The Morgan fingerprint density at radius 1 is 1.64 bits per heavy atom. The van der Waals surface area contributed by atoms with Crippen LogP contribution < -0.4 is 0 Å². The molecule has 0 fully saturated rings. The van der Waals surface area contributed by atoms with Gasteiger partial charge in [0.25, 0.3) is 0 Å². The van der Waals surface area contributed by atoms with Gasteiger partial charge in [-0.2, -0.15) is 5.10 Å². The van der Waals surface area contributed by atoms with Crippen molar-refractivity contribution >= 4 is 5.97 Å². The van der Waals surface area contributed by atoms with Crippen LogP contribution in [-0.4, -0.2) is 20.9 Å². The van der Waals surface area contributed by atoms with Crippen LogP contribution in [0.3, 0.4) is 0 Å². The zero-order valence-electron chi connectivity index (χ0n) is 8.82. The number of hydrogen-bond donors (Lipinski definition) is 1. The summed E-state index contributed by atoms with van der Waals surface area (Å²) >= 11 is 0. The topological polar surface area (TPSA) is 55.1 Å². The van der Waals surface area contributed by atoms with Gasteiger partial charge in [0.2, 0.25) is 0 Å². The third kappa shape index (κ3) is 1.95. The van der Waals surface area contributed by atoms with E-state index < -0.39 is 5.97 Å². The Morgan fingerprint density at radius 3 is 2.64 bits per heavy atom. The lowest BCUT2D eigenvalue weighted by atomic mass is 10.1. The van der Waals surface area contributed by atoms with Gasteiger partial charge < -0.3 is 5.11 Å². The lowest BCUT2D eigenvalue weighted by Crippen LogP contribution is -2.08. The van der Waals surface area contributed by atoms with Crippen molar-refractivity contribution in [1.82, 2.24) is 9.78 Å². The highest BCUT2D eigenvalue weighted by atomic mass is 16.4. The average molecular weight is 196 g/mol. The van der Waals surface area contributed by atoms with Crippen molar-refractivity contribution in [3.05, 3.63) is 17.5 Å². The summed E-state index contributed by atoms with van der Waals surface area (Å²) in [4.78, 5) is 10.8. The molecule has 0 aliphatic heterocycles. The lowest BCUT2D eigenvalue weighted by Gasteiger charge is -2.02. The molecule has 0 saturated heterocycles. The molecule has 14 heavy (non-hydrogen) atoms. The van der Waals surface area contributed by atoms with Crippen LogP contribution in [0, 0.1) is 0 Å². The van der Waals surface area contributed by atoms with Crippen LogP contribution >= 0.6 is 0 Å². The zero-order valence-corrected chi connectivity index (χ0v) is 8.82. The van der Waals surface area contributed by atoms with E-state index in [0.717, 1.165) is 12.1 Å². The SMILES string of the molecule is CCC(C)c1cc(C(=O)O)n(CC)n1.